The standard InChI is InChI=1S/C20H19ClN4O2/c21-16-9-5-4-8-15(16)17-11-23-19(22)18(25-17)20(27)24-14(12-26)10-13-6-2-1-3-7-13/h1-9,11,14,26H,10,12H2,(H2,22,23)(H,24,27)/t14-/m1/s1. The smallest absolute Gasteiger partial charge is 0.274 e. The molecule has 0 aliphatic carbocycles. The Balaban J connectivity index is 1.81. The molecule has 3 rings (SSSR count). The van der Waals surface area contributed by atoms with E-state index in [0.29, 0.717) is 22.7 Å². The van der Waals surface area contributed by atoms with Crippen LogP contribution in [0.25, 0.3) is 11.3 Å². The van der Waals surface area contributed by atoms with E-state index in [1.807, 2.05) is 36.4 Å². The molecule has 1 amide bonds. The van der Waals surface area contributed by atoms with Crippen molar-refractivity contribution in [3.05, 3.63) is 77.1 Å². The largest absolute Gasteiger partial charge is 0.394 e. The first-order valence-corrected chi connectivity index (χ1v) is 8.79. The average molecular weight is 383 g/mol. The molecule has 0 aliphatic rings. The van der Waals surface area contributed by atoms with Gasteiger partial charge in [-0.25, -0.2) is 9.97 Å². The van der Waals surface area contributed by atoms with Crippen molar-refractivity contribution >= 4 is 23.3 Å². The monoisotopic (exact) mass is 382 g/mol. The zero-order valence-corrected chi connectivity index (χ0v) is 15.2. The molecule has 138 valence electrons. The number of benzene rings is 2. The first-order chi connectivity index (χ1) is 13.1. The number of aliphatic hydroxyl groups is 1. The highest BCUT2D eigenvalue weighted by atomic mass is 35.5. The van der Waals surface area contributed by atoms with Gasteiger partial charge in [0.05, 0.1) is 29.6 Å². The molecule has 0 spiro atoms. The van der Waals surface area contributed by atoms with Gasteiger partial charge in [0.15, 0.2) is 11.5 Å². The number of carbonyl (C=O) groups is 1. The second kappa shape index (κ2) is 8.62. The van der Waals surface area contributed by atoms with Crippen LogP contribution in [0.4, 0.5) is 5.82 Å². The molecule has 1 heterocycles. The number of hydrogen-bond donors (Lipinski definition) is 3. The molecule has 0 aliphatic heterocycles. The molecule has 0 bridgehead atoms. The maximum absolute atomic E-state index is 12.7. The van der Waals surface area contributed by atoms with E-state index in [1.165, 1.54) is 6.20 Å². The Morgan fingerprint density at radius 1 is 1.15 bits per heavy atom. The van der Waals surface area contributed by atoms with Gasteiger partial charge in [0.1, 0.15) is 0 Å². The van der Waals surface area contributed by atoms with E-state index in [1.54, 1.807) is 18.2 Å². The maximum Gasteiger partial charge on any atom is 0.274 e. The fraction of sp³-hybridized carbons (Fsp3) is 0.150. The summed E-state index contributed by atoms with van der Waals surface area (Å²) in [6.45, 7) is -0.210. The maximum atomic E-state index is 12.7. The molecule has 1 aromatic heterocycles. The van der Waals surface area contributed by atoms with Crippen molar-refractivity contribution in [1.29, 1.82) is 0 Å². The third kappa shape index (κ3) is 4.61. The van der Waals surface area contributed by atoms with Gasteiger partial charge in [0.25, 0.3) is 5.91 Å². The molecule has 3 aromatic rings. The van der Waals surface area contributed by atoms with Crippen LogP contribution < -0.4 is 11.1 Å². The predicted molar refractivity (Wildman–Crippen MR) is 105 cm³/mol. The molecule has 0 fully saturated rings. The van der Waals surface area contributed by atoms with Gasteiger partial charge in [0.2, 0.25) is 0 Å². The van der Waals surface area contributed by atoms with Crippen LogP contribution in [-0.2, 0) is 6.42 Å². The molecule has 4 N–H and O–H groups in total. The number of nitrogens with two attached hydrogens (primary N) is 1. The van der Waals surface area contributed by atoms with E-state index < -0.39 is 11.9 Å². The van der Waals surface area contributed by atoms with Gasteiger partial charge in [0, 0.05) is 5.56 Å². The summed E-state index contributed by atoms with van der Waals surface area (Å²) in [5.41, 5.74) is 7.95. The van der Waals surface area contributed by atoms with Crippen LogP contribution >= 0.6 is 11.6 Å². The third-order valence-electron chi connectivity index (χ3n) is 4.05. The van der Waals surface area contributed by atoms with Crippen LogP contribution in [-0.4, -0.2) is 33.6 Å². The number of anilines is 1. The molecular formula is C20H19ClN4O2. The fourth-order valence-corrected chi connectivity index (χ4v) is 2.91. The number of aromatic nitrogens is 2. The first-order valence-electron chi connectivity index (χ1n) is 8.41. The van der Waals surface area contributed by atoms with E-state index in [9.17, 15) is 9.90 Å². The van der Waals surface area contributed by atoms with Gasteiger partial charge in [-0.15, -0.1) is 0 Å². The molecule has 1 atom stereocenters. The highest BCUT2D eigenvalue weighted by Crippen LogP contribution is 2.26. The lowest BCUT2D eigenvalue weighted by Gasteiger charge is -2.17. The topological polar surface area (TPSA) is 101 Å². The number of nitrogens with one attached hydrogen (secondary N) is 1. The fourth-order valence-electron chi connectivity index (χ4n) is 2.68. The number of rotatable bonds is 6. The number of carbonyl (C=O) groups excluding carboxylic acids is 1. The second-order valence-corrected chi connectivity index (χ2v) is 6.42. The summed E-state index contributed by atoms with van der Waals surface area (Å²) in [4.78, 5) is 21.1. The molecule has 0 saturated heterocycles. The molecule has 2 aromatic carbocycles. The first kappa shape index (κ1) is 18.8. The Kier molecular flexibility index (Phi) is 6.01. The zero-order valence-electron chi connectivity index (χ0n) is 14.5. The Morgan fingerprint density at radius 2 is 1.85 bits per heavy atom. The Labute approximate surface area is 162 Å². The Hall–Kier alpha value is -2.96. The minimum Gasteiger partial charge on any atom is -0.394 e. The molecular weight excluding hydrogens is 364 g/mol. The van der Waals surface area contributed by atoms with Crippen LogP contribution in [0.3, 0.4) is 0 Å². The van der Waals surface area contributed by atoms with E-state index in [2.05, 4.69) is 15.3 Å². The van der Waals surface area contributed by atoms with Gasteiger partial charge in [-0.3, -0.25) is 4.79 Å². The average Bonchev–Trinajstić information content (AvgIpc) is 2.69. The highest BCUT2D eigenvalue weighted by Gasteiger charge is 2.19. The van der Waals surface area contributed by atoms with Crippen molar-refractivity contribution < 1.29 is 9.90 Å². The van der Waals surface area contributed by atoms with Crippen LogP contribution in [0.1, 0.15) is 16.1 Å². The lowest BCUT2D eigenvalue weighted by Crippen LogP contribution is -2.39. The normalized spacial score (nSPS) is 11.8. The van der Waals surface area contributed by atoms with Crippen molar-refractivity contribution in [2.75, 3.05) is 12.3 Å². The third-order valence-corrected chi connectivity index (χ3v) is 4.38. The summed E-state index contributed by atoms with van der Waals surface area (Å²) in [6, 6.07) is 16.3. The van der Waals surface area contributed by atoms with Gasteiger partial charge in [-0.2, -0.15) is 0 Å². The number of amides is 1. The molecule has 0 saturated carbocycles. The van der Waals surface area contributed by atoms with Gasteiger partial charge < -0.3 is 16.2 Å². The van der Waals surface area contributed by atoms with Crippen LogP contribution in [0.15, 0.2) is 60.8 Å². The Morgan fingerprint density at radius 3 is 2.56 bits per heavy atom. The summed E-state index contributed by atoms with van der Waals surface area (Å²) in [5, 5.41) is 12.9. The van der Waals surface area contributed by atoms with Gasteiger partial charge in [-0.05, 0) is 18.1 Å². The van der Waals surface area contributed by atoms with E-state index in [4.69, 9.17) is 17.3 Å². The summed E-state index contributed by atoms with van der Waals surface area (Å²) in [6.07, 6.45) is 1.96. The van der Waals surface area contributed by atoms with Crippen LogP contribution in [0.5, 0.6) is 0 Å². The van der Waals surface area contributed by atoms with E-state index in [-0.39, 0.29) is 18.1 Å². The highest BCUT2D eigenvalue weighted by molar-refractivity contribution is 6.33. The lowest BCUT2D eigenvalue weighted by molar-refractivity contribution is 0.0912. The molecule has 7 heteroatoms. The summed E-state index contributed by atoms with van der Waals surface area (Å²) >= 11 is 6.19. The summed E-state index contributed by atoms with van der Waals surface area (Å²) in [5.74, 6) is -0.483. The Bertz CT molecular complexity index is 934. The van der Waals surface area contributed by atoms with Crippen LogP contribution in [0, 0.1) is 0 Å². The SMILES string of the molecule is Nc1ncc(-c2ccccc2Cl)nc1C(=O)N[C@@H](CO)Cc1ccccc1. The number of nitrogens with zero attached hydrogens (tertiary/aromatic N) is 2. The van der Waals surface area contributed by atoms with E-state index in [0.717, 1.165) is 5.56 Å². The van der Waals surface area contributed by atoms with E-state index >= 15 is 0 Å². The van der Waals surface area contributed by atoms with Crippen molar-refractivity contribution in [1.82, 2.24) is 15.3 Å². The second-order valence-electron chi connectivity index (χ2n) is 6.01. The molecule has 0 unspecified atom stereocenters. The van der Waals surface area contributed by atoms with Crippen molar-refractivity contribution in [3.63, 3.8) is 0 Å². The summed E-state index contributed by atoms with van der Waals surface area (Å²) in [7, 11) is 0. The van der Waals surface area contributed by atoms with Crippen LogP contribution in [0.2, 0.25) is 5.02 Å². The number of aliphatic hydroxyl groups excluding tert-OH is 1. The zero-order chi connectivity index (χ0) is 19.2. The van der Waals surface area contributed by atoms with Crippen molar-refractivity contribution in [2.24, 2.45) is 0 Å². The summed E-state index contributed by atoms with van der Waals surface area (Å²) < 4.78 is 0. The molecule has 0 radical (unpaired) electrons. The predicted octanol–water partition coefficient (Wildman–Crippen LogP) is 2.71. The van der Waals surface area contributed by atoms with Gasteiger partial charge >= 0.3 is 0 Å². The molecule has 27 heavy (non-hydrogen) atoms. The van der Waals surface area contributed by atoms with Crippen molar-refractivity contribution in [2.45, 2.75) is 12.5 Å². The lowest BCUT2D eigenvalue weighted by atomic mass is 10.1. The number of hydrogen-bond acceptors (Lipinski definition) is 5. The number of halogens is 1. The molecule has 6 nitrogen and oxygen atoms in total. The minimum absolute atomic E-state index is 0.000989. The van der Waals surface area contributed by atoms with Crippen molar-refractivity contribution in [3.8, 4) is 11.3 Å². The van der Waals surface area contributed by atoms with Gasteiger partial charge in [-0.1, -0.05) is 60.1 Å². The number of nitrogen functional groups attached to an aromatic ring is 1. The minimum atomic E-state index is -0.496. The quantitative estimate of drug-likeness (QED) is 0.608.